The Bertz CT molecular complexity index is 690. The molecule has 126 valence electrons. The summed E-state index contributed by atoms with van der Waals surface area (Å²) in [5.41, 5.74) is 0.987. The molecule has 2 amide bonds. The van der Waals surface area contributed by atoms with Gasteiger partial charge >= 0.3 is 0 Å². The molecule has 1 fully saturated rings. The summed E-state index contributed by atoms with van der Waals surface area (Å²) in [7, 11) is 0. The fourth-order valence-electron chi connectivity index (χ4n) is 2.85. The van der Waals surface area contributed by atoms with Crippen LogP contribution < -0.4 is 5.32 Å². The number of halogens is 1. The lowest BCUT2D eigenvalue weighted by Crippen LogP contribution is -2.46. The molecule has 1 aliphatic heterocycles. The maximum Gasteiger partial charge on any atom is 0.289 e. The minimum atomic E-state index is -0.0837. The molecule has 6 heteroatoms. The zero-order valence-corrected chi connectivity index (χ0v) is 14.8. The van der Waals surface area contributed by atoms with Crippen LogP contribution in [0.1, 0.15) is 29.0 Å². The van der Waals surface area contributed by atoms with E-state index in [1.165, 1.54) is 6.26 Å². The lowest BCUT2D eigenvalue weighted by molar-refractivity contribution is -0.121. The Hall–Kier alpha value is -2.08. The molecule has 0 spiro atoms. The van der Waals surface area contributed by atoms with Crippen LogP contribution in [0.25, 0.3) is 0 Å². The van der Waals surface area contributed by atoms with Gasteiger partial charge in [0.25, 0.3) is 5.91 Å². The summed E-state index contributed by atoms with van der Waals surface area (Å²) < 4.78 is 6.15. The lowest BCUT2D eigenvalue weighted by atomic mass is 10.0. The van der Waals surface area contributed by atoms with Gasteiger partial charge in [0, 0.05) is 23.6 Å². The van der Waals surface area contributed by atoms with Crippen molar-refractivity contribution in [3.05, 3.63) is 58.5 Å². The van der Waals surface area contributed by atoms with Gasteiger partial charge in [-0.2, -0.15) is 0 Å². The number of hydrogen-bond donors (Lipinski definition) is 1. The molecule has 1 aromatic carbocycles. The Labute approximate surface area is 149 Å². The third-order valence-electron chi connectivity index (χ3n) is 4.16. The Morgan fingerprint density at radius 3 is 2.50 bits per heavy atom. The average molecular weight is 391 g/mol. The zero-order chi connectivity index (χ0) is 16.9. The maximum absolute atomic E-state index is 12.2. The molecule has 1 aliphatic rings. The van der Waals surface area contributed by atoms with Gasteiger partial charge < -0.3 is 14.6 Å². The van der Waals surface area contributed by atoms with E-state index < -0.39 is 0 Å². The van der Waals surface area contributed by atoms with Crippen molar-refractivity contribution in [1.82, 2.24) is 10.2 Å². The smallest absolute Gasteiger partial charge is 0.289 e. The van der Waals surface area contributed by atoms with E-state index in [-0.39, 0.29) is 17.9 Å². The third-order valence-corrected chi connectivity index (χ3v) is 4.69. The largest absolute Gasteiger partial charge is 0.459 e. The number of rotatable bonds is 4. The highest BCUT2D eigenvalue weighted by molar-refractivity contribution is 9.10. The van der Waals surface area contributed by atoms with Crippen LogP contribution in [0.2, 0.25) is 0 Å². The zero-order valence-electron chi connectivity index (χ0n) is 13.2. The number of amides is 2. The van der Waals surface area contributed by atoms with Gasteiger partial charge in [-0.15, -0.1) is 0 Å². The molecule has 0 saturated carbocycles. The van der Waals surface area contributed by atoms with E-state index in [9.17, 15) is 9.59 Å². The lowest BCUT2D eigenvalue weighted by Gasteiger charge is -2.31. The first-order chi connectivity index (χ1) is 11.6. The van der Waals surface area contributed by atoms with Crippen LogP contribution in [0.5, 0.6) is 0 Å². The van der Waals surface area contributed by atoms with E-state index in [4.69, 9.17) is 4.42 Å². The van der Waals surface area contributed by atoms with Crippen molar-refractivity contribution < 1.29 is 14.0 Å². The van der Waals surface area contributed by atoms with E-state index in [0.29, 0.717) is 25.3 Å². The summed E-state index contributed by atoms with van der Waals surface area (Å²) in [6, 6.07) is 11.2. The van der Waals surface area contributed by atoms with Crippen LogP contribution in [0, 0.1) is 0 Å². The molecule has 5 nitrogen and oxygen atoms in total. The molecule has 0 atom stereocenters. The second-order valence-corrected chi connectivity index (χ2v) is 6.83. The molecule has 1 N–H and O–H groups in total. The Morgan fingerprint density at radius 2 is 1.88 bits per heavy atom. The number of hydrogen-bond acceptors (Lipinski definition) is 3. The van der Waals surface area contributed by atoms with Crippen molar-refractivity contribution in [3.8, 4) is 0 Å². The number of furan rings is 1. The number of benzene rings is 1. The summed E-state index contributed by atoms with van der Waals surface area (Å²) in [5.74, 6) is 0.306. The van der Waals surface area contributed by atoms with E-state index in [1.54, 1.807) is 17.0 Å². The van der Waals surface area contributed by atoms with E-state index >= 15 is 0 Å². The highest BCUT2D eigenvalue weighted by Crippen LogP contribution is 2.15. The SMILES string of the molecule is O=C(Cc1ccc(Br)cc1)NC1CCN(C(=O)c2ccco2)CC1. The predicted octanol–water partition coefficient (Wildman–Crippen LogP) is 3.01. The minimum Gasteiger partial charge on any atom is -0.459 e. The number of nitrogens with zero attached hydrogens (tertiary/aromatic N) is 1. The van der Waals surface area contributed by atoms with Crippen molar-refractivity contribution in [2.75, 3.05) is 13.1 Å². The molecule has 0 unspecified atom stereocenters. The van der Waals surface area contributed by atoms with Crippen molar-refractivity contribution in [2.45, 2.75) is 25.3 Å². The first kappa shape index (κ1) is 16.8. The third kappa shape index (κ3) is 4.26. The van der Waals surface area contributed by atoms with Crippen molar-refractivity contribution in [1.29, 1.82) is 0 Å². The van der Waals surface area contributed by atoms with Gasteiger partial charge in [0.15, 0.2) is 5.76 Å². The fraction of sp³-hybridized carbons (Fsp3) is 0.333. The average Bonchev–Trinajstić information content (AvgIpc) is 3.11. The van der Waals surface area contributed by atoms with Crippen LogP contribution in [0.4, 0.5) is 0 Å². The molecule has 1 aromatic heterocycles. The molecule has 24 heavy (non-hydrogen) atoms. The second-order valence-electron chi connectivity index (χ2n) is 5.91. The Balaban J connectivity index is 1.46. The number of likely N-dealkylation sites (tertiary alicyclic amines) is 1. The molecular formula is C18H19BrN2O3. The van der Waals surface area contributed by atoms with Crippen molar-refractivity contribution in [2.24, 2.45) is 0 Å². The number of carbonyl (C=O) groups is 2. The second kappa shape index (κ2) is 7.66. The van der Waals surface area contributed by atoms with Crippen LogP contribution in [0.15, 0.2) is 51.6 Å². The minimum absolute atomic E-state index is 0.0214. The van der Waals surface area contributed by atoms with Gasteiger partial charge in [-0.1, -0.05) is 28.1 Å². The molecular weight excluding hydrogens is 372 g/mol. The summed E-state index contributed by atoms with van der Waals surface area (Å²) in [4.78, 5) is 26.1. The Morgan fingerprint density at radius 1 is 1.17 bits per heavy atom. The number of piperidine rings is 1. The van der Waals surface area contributed by atoms with Gasteiger partial charge in [0.05, 0.1) is 12.7 Å². The molecule has 0 bridgehead atoms. The first-order valence-electron chi connectivity index (χ1n) is 7.98. The fourth-order valence-corrected chi connectivity index (χ4v) is 3.11. The normalized spacial score (nSPS) is 15.3. The van der Waals surface area contributed by atoms with E-state index in [1.807, 2.05) is 24.3 Å². The van der Waals surface area contributed by atoms with Gasteiger partial charge in [-0.05, 0) is 42.7 Å². The predicted molar refractivity (Wildman–Crippen MR) is 93.6 cm³/mol. The van der Waals surface area contributed by atoms with E-state index in [0.717, 1.165) is 22.9 Å². The molecule has 2 heterocycles. The molecule has 2 aromatic rings. The van der Waals surface area contributed by atoms with Gasteiger partial charge in [-0.3, -0.25) is 9.59 Å². The quantitative estimate of drug-likeness (QED) is 0.872. The topological polar surface area (TPSA) is 62.6 Å². The monoisotopic (exact) mass is 390 g/mol. The van der Waals surface area contributed by atoms with E-state index in [2.05, 4.69) is 21.2 Å². The molecule has 0 radical (unpaired) electrons. The molecule has 0 aliphatic carbocycles. The highest BCUT2D eigenvalue weighted by atomic mass is 79.9. The van der Waals surface area contributed by atoms with Gasteiger partial charge in [0.2, 0.25) is 5.91 Å². The van der Waals surface area contributed by atoms with Gasteiger partial charge in [0.1, 0.15) is 0 Å². The molecule has 3 rings (SSSR count). The first-order valence-corrected chi connectivity index (χ1v) is 8.78. The van der Waals surface area contributed by atoms with Crippen LogP contribution in [-0.4, -0.2) is 35.8 Å². The Kier molecular flexibility index (Phi) is 5.35. The maximum atomic E-state index is 12.2. The number of carbonyl (C=O) groups excluding carboxylic acids is 2. The summed E-state index contributed by atoms with van der Waals surface area (Å²) in [6.07, 6.45) is 3.40. The van der Waals surface area contributed by atoms with Crippen molar-refractivity contribution in [3.63, 3.8) is 0 Å². The highest BCUT2D eigenvalue weighted by Gasteiger charge is 2.25. The standard InChI is InChI=1S/C18H19BrN2O3/c19-14-5-3-13(4-6-14)12-17(22)20-15-7-9-21(10-8-15)18(23)16-2-1-11-24-16/h1-6,11,15H,7-10,12H2,(H,20,22). The van der Waals surface area contributed by atoms with Crippen LogP contribution in [-0.2, 0) is 11.2 Å². The summed E-state index contributed by atoms with van der Waals surface area (Å²) in [5, 5.41) is 3.06. The molecule has 1 saturated heterocycles. The van der Waals surface area contributed by atoms with Gasteiger partial charge in [-0.25, -0.2) is 0 Å². The summed E-state index contributed by atoms with van der Waals surface area (Å²) in [6.45, 7) is 1.26. The van der Waals surface area contributed by atoms with Crippen LogP contribution >= 0.6 is 15.9 Å². The van der Waals surface area contributed by atoms with Crippen LogP contribution in [0.3, 0.4) is 0 Å². The van der Waals surface area contributed by atoms with Crippen molar-refractivity contribution >= 4 is 27.7 Å². The number of nitrogens with one attached hydrogen (secondary N) is 1. The summed E-state index contributed by atoms with van der Waals surface area (Å²) >= 11 is 3.38.